The van der Waals surface area contributed by atoms with Crippen molar-refractivity contribution in [3.05, 3.63) is 24.3 Å². The molecule has 1 unspecified atom stereocenters. The summed E-state index contributed by atoms with van der Waals surface area (Å²) in [6.07, 6.45) is 1.76. The zero-order valence-electron chi connectivity index (χ0n) is 11.1. The predicted octanol–water partition coefficient (Wildman–Crippen LogP) is 2.04. The number of hydrogen-bond donors (Lipinski definition) is 2. The average molecular weight is 261 g/mol. The van der Waals surface area contributed by atoms with Crippen molar-refractivity contribution in [3.8, 4) is 11.8 Å². The van der Waals surface area contributed by atoms with Crippen LogP contribution in [0.4, 0.5) is 5.69 Å². The zero-order chi connectivity index (χ0) is 14.1. The van der Waals surface area contributed by atoms with Crippen LogP contribution >= 0.6 is 0 Å². The number of carbonyl (C=O) groups excluding carboxylic acids is 1. The molecule has 0 spiro atoms. The standard InChI is InChI=1S/C14H19N3O2/c1-2-13(16)14(18)17-11-6-5-7-12(10-11)19-9-4-3-8-15/h5-7,10,13H,2-4,9,16H2,1H3,(H,17,18). The van der Waals surface area contributed by atoms with Gasteiger partial charge in [0.2, 0.25) is 5.91 Å². The normalized spacial score (nSPS) is 11.4. The van der Waals surface area contributed by atoms with Gasteiger partial charge in [0, 0.05) is 18.2 Å². The second-order valence-electron chi connectivity index (χ2n) is 4.14. The number of hydrogen-bond acceptors (Lipinski definition) is 4. The molecule has 5 nitrogen and oxygen atoms in total. The fourth-order valence-corrected chi connectivity index (χ4v) is 1.43. The molecule has 0 radical (unpaired) electrons. The summed E-state index contributed by atoms with van der Waals surface area (Å²) >= 11 is 0. The molecule has 5 heteroatoms. The van der Waals surface area contributed by atoms with Crippen molar-refractivity contribution < 1.29 is 9.53 Å². The first-order valence-electron chi connectivity index (χ1n) is 6.33. The van der Waals surface area contributed by atoms with Gasteiger partial charge in [-0.15, -0.1) is 0 Å². The van der Waals surface area contributed by atoms with Gasteiger partial charge in [0.1, 0.15) is 5.75 Å². The maximum atomic E-state index is 11.6. The van der Waals surface area contributed by atoms with Gasteiger partial charge in [-0.05, 0) is 25.0 Å². The van der Waals surface area contributed by atoms with E-state index in [1.807, 2.05) is 13.0 Å². The molecule has 0 aromatic heterocycles. The van der Waals surface area contributed by atoms with Crippen molar-refractivity contribution in [2.45, 2.75) is 32.2 Å². The molecular formula is C14H19N3O2. The molecule has 0 saturated carbocycles. The highest BCUT2D eigenvalue weighted by atomic mass is 16.5. The van der Waals surface area contributed by atoms with Gasteiger partial charge < -0.3 is 15.8 Å². The first-order valence-corrected chi connectivity index (χ1v) is 6.33. The van der Waals surface area contributed by atoms with E-state index < -0.39 is 6.04 Å². The molecule has 19 heavy (non-hydrogen) atoms. The van der Waals surface area contributed by atoms with E-state index in [-0.39, 0.29) is 5.91 Å². The van der Waals surface area contributed by atoms with Crippen LogP contribution in [0.3, 0.4) is 0 Å². The van der Waals surface area contributed by atoms with Gasteiger partial charge in [-0.2, -0.15) is 5.26 Å². The highest BCUT2D eigenvalue weighted by Crippen LogP contribution is 2.17. The van der Waals surface area contributed by atoms with Crippen LogP contribution in [0.1, 0.15) is 26.2 Å². The average Bonchev–Trinajstić information content (AvgIpc) is 2.43. The van der Waals surface area contributed by atoms with Crippen LogP contribution in [-0.4, -0.2) is 18.6 Å². The van der Waals surface area contributed by atoms with Crippen molar-refractivity contribution in [3.63, 3.8) is 0 Å². The summed E-state index contributed by atoms with van der Waals surface area (Å²) in [7, 11) is 0. The minimum atomic E-state index is -0.500. The Morgan fingerprint density at radius 1 is 1.58 bits per heavy atom. The van der Waals surface area contributed by atoms with Gasteiger partial charge >= 0.3 is 0 Å². The number of ether oxygens (including phenoxy) is 1. The number of nitriles is 1. The van der Waals surface area contributed by atoms with Gasteiger partial charge in [0.25, 0.3) is 0 Å². The Balaban J connectivity index is 2.52. The molecular weight excluding hydrogens is 242 g/mol. The van der Waals surface area contributed by atoms with E-state index >= 15 is 0 Å². The third-order valence-corrected chi connectivity index (χ3v) is 2.58. The molecule has 3 N–H and O–H groups in total. The number of rotatable bonds is 7. The number of unbranched alkanes of at least 4 members (excludes halogenated alkanes) is 1. The smallest absolute Gasteiger partial charge is 0.241 e. The van der Waals surface area contributed by atoms with Crippen LogP contribution in [-0.2, 0) is 4.79 Å². The lowest BCUT2D eigenvalue weighted by atomic mass is 10.2. The Morgan fingerprint density at radius 2 is 2.37 bits per heavy atom. The molecule has 0 bridgehead atoms. The van der Waals surface area contributed by atoms with Gasteiger partial charge in [-0.1, -0.05) is 13.0 Å². The third-order valence-electron chi connectivity index (χ3n) is 2.58. The summed E-state index contributed by atoms with van der Waals surface area (Å²) < 4.78 is 5.48. The van der Waals surface area contributed by atoms with Crippen LogP contribution in [0.25, 0.3) is 0 Å². The second-order valence-corrected chi connectivity index (χ2v) is 4.14. The van der Waals surface area contributed by atoms with Crippen molar-refractivity contribution in [2.24, 2.45) is 5.73 Å². The first kappa shape index (κ1) is 15.0. The molecule has 0 aliphatic carbocycles. The number of nitrogens with two attached hydrogens (primary N) is 1. The largest absolute Gasteiger partial charge is 0.493 e. The van der Waals surface area contributed by atoms with Crippen LogP contribution in [0.15, 0.2) is 24.3 Å². The summed E-state index contributed by atoms with van der Waals surface area (Å²) in [5.41, 5.74) is 6.30. The molecule has 1 aromatic carbocycles. The van der Waals surface area contributed by atoms with E-state index in [4.69, 9.17) is 15.7 Å². The van der Waals surface area contributed by atoms with Gasteiger partial charge in [0.15, 0.2) is 0 Å². The predicted molar refractivity (Wildman–Crippen MR) is 73.7 cm³/mol. The lowest BCUT2D eigenvalue weighted by molar-refractivity contribution is -0.117. The van der Waals surface area contributed by atoms with Crippen molar-refractivity contribution in [1.82, 2.24) is 0 Å². The van der Waals surface area contributed by atoms with Crippen LogP contribution in [0.5, 0.6) is 5.75 Å². The Hall–Kier alpha value is -2.06. The fourth-order valence-electron chi connectivity index (χ4n) is 1.43. The maximum Gasteiger partial charge on any atom is 0.241 e. The molecule has 1 amide bonds. The van der Waals surface area contributed by atoms with E-state index in [0.29, 0.717) is 37.3 Å². The van der Waals surface area contributed by atoms with Crippen LogP contribution in [0, 0.1) is 11.3 Å². The first-order chi connectivity index (χ1) is 9.17. The van der Waals surface area contributed by atoms with Crippen LogP contribution in [0.2, 0.25) is 0 Å². The van der Waals surface area contributed by atoms with E-state index in [1.54, 1.807) is 18.2 Å². The molecule has 1 atom stereocenters. The molecule has 1 aromatic rings. The molecule has 102 valence electrons. The lowest BCUT2D eigenvalue weighted by Crippen LogP contribution is -2.34. The topological polar surface area (TPSA) is 88.1 Å². The monoisotopic (exact) mass is 261 g/mol. The quantitative estimate of drug-likeness (QED) is 0.735. The Bertz CT molecular complexity index is 454. The SMILES string of the molecule is CCC(N)C(=O)Nc1cccc(OCCCC#N)c1. The van der Waals surface area contributed by atoms with Crippen LogP contribution < -0.4 is 15.8 Å². The molecule has 0 heterocycles. The van der Waals surface area contributed by atoms with Gasteiger partial charge in [-0.3, -0.25) is 4.79 Å². The molecule has 0 aliphatic rings. The number of anilines is 1. The number of carbonyl (C=O) groups is 1. The third kappa shape index (κ3) is 5.40. The van der Waals surface area contributed by atoms with Crippen molar-refractivity contribution >= 4 is 11.6 Å². The van der Waals surface area contributed by atoms with Crippen molar-refractivity contribution in [1.29, 1.82) is 5.26 Å². The van der Waals surface area contributed by atoms with E-state index in [1.165, 1.54) is 0 Å². The summed E-state index contributed by atoms with van der Waals surface area (Å²) in [6.45, 7) is 2.35. The second kappa shape index (κ2) is 8.11. The van der Waals surface area contributed by atoms with E-state index in [9.17, 15) is 4.79 Å². The highest BCUT2D eigenvalue weighted by molar-refractivity contribution is 5.94. The zero-order valence-corrected chi connectivity index (χ0v) is 11.1. The lowest BCUT2D eigenvalue weighted by Gasteiger charge is -2.11. The minimum Gasteiger partial charge on any atom is -0.493 e. The van der Waals surface area contributed by atoms with E-state index in [2.05, 4.69) is 11.4 Å². The Kier molecular flexibility index (Phi) is 6.41. The number of benzene rings is 1. The summed E-state index contributed by atoms with van der Waals surface area (Å²) in [5, 5.41) is 11.2. The number of amides is 1. The summed E-state index contributed by atoms with van der Waals surface area (Å²) in [6, 6.07) is 8.69. The van der Waals surface area contributed by atoms with Gasteiger partial charge in [0.05, 0.1) is 18.7 Å². The fraction of sp³-hybridized carbons (Fsp3) is 0.429. The number of nitrogens with zero attached hydrogens (tertiary/aromatic N) is 1. The summed E-state index contributed by atoms with van der Waals surface area (Å²) in [4.78, 5) is 11.6. The molecule has 0 aliphatic heterocycles. The molecule has 0 saturated heterocycles. The summed E-state index contributed by atoms with van der Waals surface area (Å²) in [5.74, 6) is 0.463. The maximum absolute atomic E-state index is 11.6. The molecule has 0 fully saturated rings. The minimum absolute atomic E-state index is 0.205. The van der Waals surface area contributed by atoms with Gasteiger partial charge in [-0.25, -0.2) is 0 Å². The Labute approximate surface area is 113 Å². The highest BCUT2D eigenvalue weighted by Gasteiger charge is 2.10. The Morgan fingerprint density at radius 3 is 3.05 bits per heavy atom. The molecule has 1 rings (SSSR count). The van der Waals surface area contributed by atoms with Crippen molar-refractivity contribution in [2.75, 3.05) is 11.9 Å². The number of nitrogens with one attached hydrogen (secondary N) is 1. The van der Waals surface area contributed by atoms with E-state index in [0.717, 1.165) is 0 Å².